The van der Waals surface area contributed by atoms with Crippen LogP contribution >= 0.6 is 11.3 Å². The van der Waals surface area contributed by atoms with Crippen molar-refractivity contribution in [3.05, 3.63) is 28.5 Å². The summed E-state index contributed by atoms with van der Waals surface area (Å²) in [5.41, 5.74) is 1.77. The van der Waals surface area contributed by atoms with Gasteiger partial charge < -0.3 is 9.52 Å². The van der Waals surface area contributed by atoms with Crippen LogP contribution in [0.15, 0.2) is 16.7 Å². The molecule has 0 aliphatic carbocycles. The summed E-state index contributed by atoms with van der Waals surface area (Å²) in [7, 11) is 0. The van der Waals surface area contributed by atoms with Crippen LogP contribution in [0.3, 0.4) is 0 Å². The van der Waals surface area contributed by atoms with Gasteiger partial charge in [0.25, 0.3) is 0 Å². The second-order valence-electron chi connectivity index (χ2n) is 3.53. The van der Waals surface area contributed by atoms with Crippen LogP contribution in [0.4, 0.5) is 0 Å². The number of aryl methyl sites for hydroxylation is 2. The monoisotopic (exact) mass is 237 g/mol. The molecule has 0 atom stereocenters. The lowest BCUT2D eigenvalue weighted by Crippen LogP contribution is -1.99. The lowest BCUT2D eigenvalue weighted by atomic mass is 10.3. The van der Waals surface area contributed by atoms with E-state index in [2.05, 4.69) is 4.98 Å². The molecule has 0 aliphatic heterocycles. The second-order valence-corrected chi connectivity index (χ2v) is 4.61. The third kappa shape index (κ3) is 1.99. The third-order valence-electron chi connectivity index (χ3n) is 2.26. The molecule has 16 heavy (non-hydrogen) atoms. The van der Waals surface area contributed by atoms with Crippen molar-refractivity contribution < 1.29 is 14.3 Å². The molecule has 0 unspecified atom stereocenters. The first-order valence-corrected chi connectivity index (χ1v) is 5.62. The minimum Gasteiger partial charge on any atom is -0.481 e. The Hall–Kier alpha value is -1.62. The number of carbonyl (C=O) groups is 1. The number of aromatic nitrogens is 1. The zero-order valence-corrected chi connectivity index (χ0v) is 9.80. The van der Waals surface area contributed by atoms with E-state index in [4.69, 9.17) is 9.52 Å². The molecule has 2 heterocycles. The Bertz CT molecular complexity index is 527. The summed E-state index contributed by atoms with van der Waals surface area (Å²) in [6.45, 7) is 3.75. The standard InChI is InChI=1S/C11H11NO3S/c1-6-3-4-15-10(6)11-12-7(2)8(16-11)5-9(13)14/h3-4H,5H2,1-2H3,(H,13,14). The van der Waals surface area contributed by atoms with E-state index in [1.807, 2.05) is 19.9 Å². The fourth-order valence-corrected chi connectivity index (χ4v) is 2.53. The van der Waals surface area contributed by atoms with Gasteiger partial charge in [0.1, 0.15) is 0 Å². The van der Waals surface area contributed by atoms with Gasteiger partial charge in [-0.2, -0.15) is 0 Å². The normalized spacial score (nSPS) is 10.6. The average molecular weight is 237 g/mol. The van der Waals surface area contributed by atoms with Crippen LogP contribution in [0.25, 0.3) is 10.8 Å². The van der Waals surface area contributed by atoms with E-state index < -0.39 is 5.97 Å². The number of carboxylic acids is 1. The van der Waals surface area contributed by atoms with Crippen LogP contribution in [-0.2, 0) is 11.2 Å². The number of nitrogens with zero attached hydrogens (tertiary/aromatic N) is 1. The highest BCUT2D eigenvalue weighted by atomic mass is 32.1. The summed E-state index contributed by atoms with van der Waals surface area (Å²) in [6.07, 6.45) is 1.63. The molecule has 0 aromatic carbocycles. The Kier molecular flexibility index (Phi) is 2.78. The molecular formula is C11H11NO3S. The largest absolute Gasteiger partial charge is 0.481 e. The van der Waals surface area contributed by atoms with Gasteiger partial charge in [0.05, 0.1) is 18.4 Å². The van der Waals surface area contributed by atoms with Crippen LogP contribution < -0.4 is 0 Å². The quantitative estimate of drug-likeness (QED) is 0.891. The molecular weight excluding hydrogens is 226 g/mol. The van der Waals surface area contributed by atoms with Crippen molar-refractivity contribution >= 4 is 17.3 Å². The lowest BCUT2D eigenvalue weighted by molar-refractivity contribution is -0.136. The Morgan fingerprint density at radius 2 is 2.31 bits per heavy atom. The fraction of sp³-hybridized carbons (Fsp3) is 0.273. The number of furan rings is 1. The van der Waals surface area contributed by atoms with Gasteiger partial charge in [-0.3, -0.25) is 4.79 Å². The van der Waals surface area contributed by atoms with Gasteiger partial charge in [-0.1, -0.05) is 0 Å². The lowest BCUT2D eigenvalue weighted by Gasteiger charge is -1.90. The van der Waals surface area contributed by atoms with E-state index >= 15 is 0 Å². The third-order valence-corrected chi connectivity index (χ3v) is 3.42. The molecule has 4 nitrogen and oxygen atoms in total. The summed E-state index contributed by atoms with van der Waals surface area (Å²) in [6, 6.07) is 1.86. The molecule has 0 spiro atoms. The SMILES string of the molecule is Cc1ccoc1-c1nc(C)c(CC(=O)O)s1. The summed E-state index contributed by atoms with van der Waals surface area (Å²) < 4.78 is 5.32. The molecule has 5 heteroatoms. The van der Waals surface area contributed by atoms with Crippen molar-refractivity contribution in [1.29, 1.82) is 0 Å². The maximum Gasteiger partial charge on any atom is 0.308 e. The molecule has 84 valence electrons. The highest BCUT2D eigenvalue weighted by molar-refractivity contribution is 7.15. The Morgan fingerprint density at radius 1 is 1.56 bits per heavy atom. The minimum absolute atomic E-state index is 0.0171. The zero-order chi connectivity index (χ0) is 11.7. The van der Waals surface area contributed by atoms with Crippen LogP contribution in [0.2, 0.25) is 0 Å². The number of thiazole rings is 1. The first-order chi connectivity index (χ1) is 7.58. The summed E-state index contributed by atoms with van der Waals surface area (Å²) in [5.74, 6) is -0.112. The molecule has 0 aliphatic rings. The summed E-state index contributed by atoms with van der Waals surface area (Å²) in [5, 5.41) is 9.49. The predicted octanol–water partition coefficient (Wildman–Crippen LogP) is 2.65. The Balaban J connectivity index is 2.38. The van der Waals surface area contributed by atoms with Crippen molar-refractivity contribution in [2.45, 2.75) is 20.3 Å². The zero-order valence-electron chi connectivity index (χ0n) is 8.98. The second kappa shape index (κ2) is 4.09. The molecule has 0 radical (unpaired) electrons. The van der Waals surface area contributed by atoms with Crippen LogP contribution in [0.1, 0.15) is 16.1 Å². The van der Waals surface area contributed by atoms with E-state index in [-0.39, 0.29) is 6.42 Å². The van der Waals surface area contributed by atoms with E-state index in [0.717, 1.165) is 26.9 Å². The molecule has 0 amide bonds. The van der Waals surface area contributed by atoms with Gasteiger partial charge in [0.15, 0.2) is 10.8 Å². The molecule has 0 bridgehead atoms. The average Bonchev–Trinajstić information content (AvgIpc) is 2.73. The first-order valence-electron chi connectivity index (χ1n) is 4.80. The van der Waals surface area contributed by atoms with Gasteiger partial charge in [0.2, 0.25) is 0 Å². The van der Waals surface area contributed by atoms with Crippen LogP contribution in [-0.4, -0.2) is 16.1 Å². The number of hydrogen-bond acceptors (Lipinski definition) is 4. The fourth-order valence-electron chi connectivity index (χ4n) is 1.42. The predicted molar refractivity (Wildman–Crippen MR) is 60.6 cm³/mol. The molecule has 0 saturated heterocycles. The smallest absolute Gasteiger partial charge is 0.308 e. The number of rotatable bonds is 3. The Labute approximate surface area is 96.6 Å². The van der Waals surface area contributed by atoms with Gasteiger partial charge in [-0.05, 0) is 25.5 Å². The van der Waals surface area contributed by atoms with E-state index in [9.17, 15) is 4.79 Å². The summed E-state index contributed by atoms with van der Waals surface area (Å²) in [4.78, 5) is 15.7. The first kappa shape index (κ1) is 10.9. The van der Waals surface area contributed by atoms with Gasteiger partial charge in [-0.15, -0.1) is 11.3 Å². The molecule has 0 fully saturated rings. The highest BCUT2D eigenvalue weighted by Crippen LogP contribution is 2.30. The van der Waals surface area contributed by atoms with Crippen molar-refractivity contribution in [2.75, 3.05) is 0 Å². The summed E-state index contributed by atoms with van der Waals surface area (Å²) >= 11 is 1.37. The van der Waals surface area contributed by atoms with E-state index in [0.29, 0.717) is 0 Å². The number of aliphatic carboxylic acids is 1. The topological polar surface area (TPSA) is 63.3 Å². The molecule has 1 N–H and O–H groups in total. The van der Waals surface area contributed by atoms with Crippen molar-refractivity contribution in [2.24, 2.45) is 0 Å². The van der Waals surface area contributed by atoms with Crippen LogP contribution in [0.5, 0.6) is 0 Å². The van der Waals surface area contributed by atoms with E-state index in [1.165, 1.54) is 11.3 Å². The maximum absolute atomic E-state index is 10.6. The van der Waals surface area contributed by atoms with Gasteiger partial charge in [-0.25, -0.2) is 4.98 Å². The number of hydrogen-bond donors (Lipinski definition) is 1. The molecule has 2 aromatic rings. The van der Waals surface area contributed by atoms with Gasteiger partial charge >= 0.3 is 5.97 Å². The number of carboxylic acid groups (broad SMARTS) is 1. The molecule has 2 rings (SSSR count). The highest BCUT2D eigenvalue weighted by Gasteiger charge is 2.15. The van der Waals surface area contributed by atoms with Crippen LogP contribution in [0, 0.1) is 13.8 Å². The van der Waals surface area contributed by atoms with Crippen molar-refractivity contribution in [3.8, 4) is 10.8 Å². The minimum atomic E-state index is -0.838. The maximum atomic E-state index is 10.6. The Morgan fingerprint density at radius 3 is 2.88 bits per heavy atom. The molecule has 2 aromatic heterocycles. The van der Waals surface area contributed by atoms with E-state index in [1.54, 1.807) is 6.26 Å². The van der Waals surface area contributed by atoms with Gasteiger partial charge in [0, 0.05) is 4.88 Å². The van der Waals surface area contributed by atoms with Crippen molar-refractivity contribution in [3.63, 3.8) is 0 Å². The van der Waals surface area contributed by atoms with Crippen molar-refractivity contribution in [1.82, 2.24) is 4.98 Å². The molecule has 0 saturated carbocycles.